The second-order valence-electron chi connectivity index (χ2n) is 11.7. The zero-order valence-electron chi connectivity index (χ0n) is 23.5. The molecule has 2 aliphatic rings. The lowest BCUT2D eigenvalue weighted by Gasteiger charge is -2.35. The van der Waals surface area contributed by atoms with Crippen molar-refractivity contribution < 1.29 is 10.2 Å². The summed E-state index contributed by atoms with van der Waals surface area (Å²) in [4.78, 5) is 8.97. The Kier molecular flexibility index (Phi) is 8.66. The van der Waals surface area contributed by atoms with Gasteiger partial charge in [0.1, 0.15) is 23.9 Å². The van der Waals surface area contributed by atoms with Gasteiger partial charge in [0.15, 0.2) is 10.3 Å². The van der Waals surface area contributed by atoms with E-state index in [-0.39, 0.29) is 24.9 Å². The van der Waals surface area contributed by atoms with E-state index in [4.69, 9.17) is 23.2 Å². The Hall–Kier alpha value is -2.08. The Morgan fingerprint density at radius 2 is 1.17 bits per heavy atom. The minimum absolute atomic E-state index is 0.0198. The highest BCUT2D eigenvalue weighted by Crippen LogP contribution is 2.49. The molecule has 2 aromatic carbocycles. The summed E-state index contributed by atoms with van der Waals surface area (Å²) in [5, 5.41) is 35.6. The van der Waals surface area contributed by atoms with Gasteiger partial charge in [0.2, 0.25) is 0 Å². The monoisotopic (exact) mass is 644 g/mol. The van der Waals surface area contributed by atoms with E-state index in [9.17, 15) is 10.2 Å². The maximum absolute atomic E-state index is 12.1. The van der Waals surface area contributed by atoms with Crippen LogP contribution in [-0.2, 0) is 24.3 Å². The molecule has 0 saturated heterocycles. The fraction of sp³-hybridized carbons (Fsp3) is 0.467. The van der Waals surface area contributed by atoms with Crippen LogP contribution in [0.15, 0.2) is 71.5 Å². The molecule has 2 N–H and O–H groups in total. The van der Waals surface area contributed by atoms with Gasteiger partial charge in [-0.15, -0.1) is 0 Å². The SMILES string of the molecule is CC(C1CC1)C(O)(Cn1ncnc1SSc1ncnn1CC(O)(c1cccc(Cl)c1)C(C)C1CC1)c1cccc(Cl)c1. The number of aliphatic hydroxyl groups is 2. The average molecular weight is 646 g/mol. The van der Waals surface area contributed by atoms with E-state index in [1.165, 1.54) is 34.2 Å². The zero-order chi connectivity index (χ0) is 29.5. The van der Waals surface area contributed by atoms with Crippen LogP contribution >= 0.6 is 44.8 Å². The van der Waals surface area contributed by atoms with E-state index >= 15 is 0 Å². The molecule has 2 heterocycles. The van der Waals surface area contributed by atoms with Crippen LogP contribution in [0.2, 0.25) is 10.0 Å². The van der Waals surface area contributed by atoms with Gasteiger partial charge in [-0.05, 0) is 106 Å². The van der Waals surface area contributed by atoms with Crippen molar-refractivity contribution in [2.75, 3.05) is 0 Å². The first-order valence-electron chi connectivity index (χ1n) is 14.2. The molecule has 2 saturated carbocycles. The number of rotatable bonds is 13. The van der Waals surface area contributed by atoms with Crippen molar-refractivity contribution >= 4 is 44.8 Å². The lowest BCUT2D eigenvalue weighted by Crippen LogP contribution is -2.40. The van der Waals surface area contributed by atoms with Crippen molar-refractivity contribution in [3.8, 4) is 0 Å². The predicted octanol–water partition coefficient (Wildman–Crippen LogP) is 6.84. The molecule has 222 valence electrons. The van der Waals surface area contributed by atoms with Gasteiger partial charge < -0.3 is 10.2 Å². The second-order valence-corrected chi connectivity index (χ2v) is 14.6. The Labute approximate surface area is 263 Å². The van der Waals surface area contributed by atoms with Gasteiger partial charge in [-0.2, -0.15) is 10.2 Å². The summed E-state index contributed by atoms with van der Waals surface area (Å²) in [7, 11) is 2.79. The summed E-state index contributed by atoms with van der Waals surface area (Å²) in [5.74, 6) is 0.952. The third-order valence-electron chi connectivity index (χ3n) is 8.95. The fourth-order valence-electron chi connectivity index (χ4n) is 5.87. The van der Waals surface area contributed by atoms with Crippen LogP contribution in [0.5, 0.6) is 0 Å². The molecule has 6 rings (SSSR count). The number of nitrogens with zero attached hydrogens (tertiary/aromatic N) is 6. The van der Waals surface area contributed by atoms with Gasteiger partial charge >= 0.3 is 0 Å². The van der Waals surface area contributed by atoms with Crippen molar-refractivity contribution in [1.29, 1.82) is 0 Å². The van der Waals surface area contributed by atoms with Crippen LogP contribution in [0, 0.1) is 23.7 Å². The highest BCUT2D eigenvalue weighted by atomic mass is 35.5. The van der Waals surface area contributed by atoms with E-state index in [0.29, 0.717) is 32.2 Å². The number of hydrogen-bond donors (Lipinski definition) is 2. The summed E-state index contributed by atoms with van der Waals surface area (Å²) in [6.45, 7) is 4.69. The Morgan fingerprint density at radius 1 is 0.762 bits per heavy atom. The molecule has 4 aromatic rings. The molecule has 0 aliphatic heterocycles. The van der Waals surface area contributed by atoms with Crippen LogP contribution in [0.25, 0.3) is 0 Å². The molecule has 2 aliphatic carbocycles. The molecule has 0 amide bonds. The summed E-state index contributed by atoms with van der Waals surface area (Å²) in [5.41, 5.74) is -0.769. The largest absolute Gasteiger partial charge is 0.383 e. The molecule has 4 unspecified atom stereocenters. The first-order valence-corrected chi connectivity index (χ1v) is 17.1. The van der Waals surface area contributed by atoms with Crippen LogP contribution in [-0.4, -0.2) is 39.7 Å². The Morgan fingerprint density at radius 3 is 1.52 bits per heavy atom. The van der Waals surface area contributed by atoms with Crippen molar-refractivity contribution in [3.05, 3.63) is 82.4 Å². The lowest BCUT2D eigenvalue weighted by atomic mass is 9.79. The predicted molar refractivity (Wildman–Crippen MR) is 166 cm³/mol. The van der Waals surface area contributed by atoms with E-state index in [0.717, 1.165) is 36.8 Å². The van der Waals surface area contributed by atoms with Gasteiger partial charge in [0, 0.05) is 10.0 Å². The van der Waals surface area contributed by atoms with Crippen molar-refractivity contribution in [2.45, 2.75) is 74.1 Å². The van der Waals surface area contributed by atoms with Gasteiger partial charge in [-0.3, -0.25) is 0 Å². The van der Waals surface area contributed by atoms with Crippen molar-refractivity contribution in [2.24, 2.45) is 23.7 Å². The minimum atomic E-state index is -1.16. The molecule has 0 spiro atoms. The molecule has 4 atom stereocenters. The zero-order valence-corrected chi connectivity index (χ0v) is 26.6. The second kappa shape index (κ2) is 12.1. The Balaban J connectivity index is 1.21. The maximum atomic E-state index is 12.1. The van der Waals surface area contributed by atoms with Crippen LogP contribution in [0.4, 0.5) is 0 Å². The molecular weight excluding hydrogens is 611 g/mol. The average Bonchev–Trinajstić information content (AvgIpc) is 3.91. The van der Waals surface area contributed by atoms with Gasteiger partial charge in [0.25, 0.3) is 0 Å². The first-order chi connectivity index (χ1) is 20.2. The Bertz CT molecular complexity index is 1430. The van der Waals surface area contributed by atoms with Crippen LogP contribution in [0.3, 0.4) is 0 Å². The number of benzene rings is 2. The van der Waals surface area contributed by atoms with E-state index in [1.807, 2.05) is 48.5 Å². The molecule has 2 aromatic heterocycles. The normalized spacial score (nSPS) is 19.7. The quantitative estimate of drug-likeness (QED) is 0.152. The van der Waals surface area contributed by atoms with Crippen LogP contribution < -0.4 is 0 Å². The molecule has 0 bridgehead atoms. The van der Waals surface area contributed by atoms with Gasteiger partial charge in [-0.25, -0.2) is 19.3 Å². The minimum Gasteiger partial charge on any atom is -0.383 e. The molecule has 2 fully saturated rings. The third kappa shape index (κ3) is 6.25. The standard InChI is InChI=1S/C30H34Cl2N6O2S2/c1-19(21-9-10-21)29(39,23-5-3-7-25(31)13-23)15-37-27(33-17-35-37)41-42-28-34-18-36-38(28)16-30(40,20(2)22-11-12-22)24-6-4-8-26(32)14-24/h3-8,13-14,17-22,39-40H,9-12,15-16H2,1-2H3. The fourth-order valence-corrected chi connectivity index (χ4v) is 8.20. The summed E-state index contributed by atoms with van der Waals surface area (Å²) in [6, 6.07) is 14.9. The van der Waals surface area contributed by atoms with E-state index in [1.54, 1.807) is 9.36 Å². The maximum Gasteiger partial charge on any atom is 0.197 e. The highest BCUT2D eigenvalue weighted by molar-refractivity contribution is 8.76. The molecule has 0 radical (unpaired) electrons. The summed E-state index contributed by atoms with van der Waals surface area (Å²) < 4.78 is 3.49. The third-order valence-corrected chi connectivity index (χ3v) is 11.6. The van der Waals surface area contributed by atoms with Crippen molar-refractivity contribution in [1.82, 2.24) is 29.5 Å². The molecular formula is C30H34Cl2N6O2S2. The molecule has 42 heavy (non-hydrogen) atoms. The molecule has 8 nitrogen and oxygen atoms in total. The van der Waals surface area contributed by atoms with Gasteiger partial charge in [0.05, 0.1) is 13.1 Å². The van der Waals surface area contributed by atoms with Crippen molar-refractivity contribution in [3.63, 3.8) is 0 Å². The smallest absolute Gasteiger partial charge is 0.197 e. The summed E-state index contributed by atoms with van der Waals surface area (Å²) >= 11 is 12.7. The lowest BCUT2D eigenvalue weighted by molar-refractivity contribution is -0.0465. The molecule has 12 heteroatoms. The first kappa shape index (κ1) is 30.0. The van der Waals surface area contributed by atoms with Crippen LogP contribution in [0.1, 0.15) is 50.7 Å². The number of aromatic nitrogens is 6. The highest BCUT2D eigenvalue weighted by Gasteiger charge is 2.46. The summed E-state index contributed by atoms with van der Waals surface area (Å²) in [6.07, 6.45) is 7.43. The van der Waals surface area contributed by atoms with E-state index < -0.39 is 11.2 Å². The number of halogens is 2. The van der Waals surface area contributed by atoms with E-state index in [2.05, 4.69) is 34.0 Å². The van der Waals surface area contributed by atoms with Gasteiger partial charge in [-0.1, -0.05) is 61.3 Å². The topological polar surface area (TPSA) is 102 Å². The number of hydrogen-bond acceptors (Lipinski definition) is 8.